The highest BCUT2D eigenvalue weighted by Crippen LogP contribution is 2.42. The molecule has 10 nitrogen and oxygen atoms in total. The second kappa shape index (κ2) is 21.9. The number of carbonyl (C=O) groups excluding carboxylic acids is 5. The zero-order valence-electron chi connectivity index (χ0n) is 37.1. The summed E-state index contributed by atoms with van der Waals surface area (Å²) >= 11 is 0. The second-order valence-electron chi connectivity index (χ2n) is 18.6. The Balaban J connectivity index is 0.969. The summed E-state index contributed by atoms with van der Waals surface area (Å²) in [5, 5.41) is 9.63. The van der Waals surface area contributed by atoms with Gasteiger partial charge in [-0.15, -0.1) is 0 Å². The van der Waals surface area contributed by atoms with Gasteiger partial charge in [-0.3, -0.25) is 24.0 Å². The molecule has 0 spiro atoms. The molecule has 0 radical (unpaired) electrons. The fourth-order valence-electron chi connectivity index (χ4n) is 10.0. The van der Waals surface area contributed by atoms with Crippen LogP contribution in [0, 0.1) is 23.7 Å². The van der Waals surface area contributed by atoms with E-state index in [4.69, 9.17) is 0 Å². The number of nitrogens with zero attached hydrogens (tertiary/aromatic N) is 2. The van der Waals surface area contributed by atoms with Crippen molar-refractivity contribution >= 4 is 29.5 Å². The molecule has 3 N–H and O–H groups in total. The van der Waals surface area contributed by atoms with Gasteiger partial charge in [-0.1, -0.05) is 132 Å². The van der Waals surface area contributed by atoms with E-state index >= 15 is 0 Å². The van der Waals surface area contributed by atoms with Crippen molar-refractivity contribution in [3.05, 3.63) is 107 Å². The molecule has 10 heteroatoms. The Morgan fingerprint density at radius 3 is 1.58 bits per heavy atom. The lowest BCUT2D eigenvalue weighted by molar-refractivity contribution is -0.127. The van der Waals surface area contributed by atoms with Crippen LogP contribution in [0.15, 0.2) is 84.9 Å². The second-order valence-corrected chi connectivity index (χ2v) is 18.6. The third kappa shape index (κ3) is 11.9. The molecule has 0 bridgehead atoms. The Hall–Kier alpha value is -4.99. The number of amides is 5. The molecule has 2 heterocycles. The average molecular weight is 844 g/mol. The van der Waals surface area contributed by atoms with Crippen LogP contribution in [0.1, 0.15) is 147 Å². The minimum Gasteiger partial charge on any atom is -0.356 e. The van der Waals surface area contributed by atoms with Crippen molar-refractivity contribution in [2.75, 3.05) is 32.7 Å². The van der Waals surface area contributed by atoms with Crippen LogP contribution in [0.3, 0.4) is 0 Å². The average Bonchev–Trinajstić information content (AvgIpc) is 4.15. The van der Waals surface area contributed by atoms with E-state index in [1.165, 1.54) is 36.8 Å². The summed E-state index contributed by atoms with van der Waals surface area (Å²) in [6, 6.07) is 27.3. The van der Waals surface area contributed by atoms with Crippen LogP contribution >= 0.6 is 0 Å². The summed E-state index contributed by atoms with van der Waals surface area (Å²) in [6.45, 7) is 6.53. The van der Waals surface area contributed by atoms with Gasteiger partial charge in [0.05, 0.1) is 11.8 Å². The fourth-order valence-corrected chi connectivity index (χ4v) is 10.0. The summed E-state index contributed by atoms with van der Waals surface area (Å²) in [6.07, 6.45) is 14.3. The van der Waals surface area contributed by atoms with Crippen LogP contribution in [-0.2, 0) is 14.4 Å². The molecule has 332 valence electrons. The van der Waals surface area contributed by atoms with Gasteiger partial charge in [-0.2, -0.15) is 0 Å². The van der Waals surface area contributed by atoms with Crippen molar-refractivity contribution in [2.24, 2.45) is 23.7 Å². The zero-order valence-corrected chi connectivity index (χ0v) is 37.1. The van der Waals surface area contributed by atoms with E-state index in [1.807, 2.05) is 41.3 Å². The molecule has 4 aliphatic rings. The van der Waals surface area contributed by atoms with Gasteiger partial charge < -0.3 is 25.8 Å². The summed E-state index contributed by atoms with van der Waals surface area (Å²) < 4.78 is 0. The first-order chi connectivity index (χ1) is 30.2. The van der Waals surface area contributed by atoms with Gasteiger partial charge in [0.2, 0.25) is 17.7 Å². The molecular formula is C52H69N5O5. The summed E-state index contributed by atoms with van der Waals surface area (Å²) in [5.74, 6) is -0.893. The lowest BCUT2D eigenvalue weighted by Crippen LogP contribution is -2.39. The Bertz CT molecular complexity index is 1960. The normalized spacial score (nSPS) is 25.0. The summed E-state index contributed by atoms with van der Waals surface area (Å²) in [4.78, 5) is 72.4. The van der Waals surface area contributed by atoms with Crippen molar-refractivity contribution < 1.29 is 24.0 Å². The quantitative estimate of drug-likeness (QED) is 0.0879. The van der Waals surface area contributed by atoms with E-state index < -0.39 is 5.92 Å². The number of unbranched alkanes of at least 4 members (excludes halogenated alkanes) is 8. The van der Waals surface area contributed by atoms with E-state index in [9.17, 15) is 24.0 Å². The van der Waals surface area contributed by atoms with Crippen LogP contribution < -0.4 is 16.0 Å². The number of rotatable bonds is 22. The van der Waals surface area contributed by atoms with Gasteiger partial charge in [-0.25, -0.2) is 0 Å². The van der Waals surface area contributed by atoms with E-state index in [1.54, 1.807) is 29.2 Å². The smallest absolute Gasteiger partial charge is 0.253 e. The van der Waals surface area contributed by atoms with Gasteiger partial charge in [0.25, 0.3) is 11.8 Å². The molecule has 62 heavy (non-hydrogen) atoms. The molecule has 8 atom stereocenters. The zero-order chi connectivity index (χ0) is 43.4. The minimum atomic E-state index is -0.521. The standard InChI is InChI=1S/C52H69N5O5/c1-3-5-7-9-10-13-23-40-32-56(34-44(40)49(59)53-28-18-8-6-4-2)51(61)38-24-26-39(27-25-38)52(62)57-33-41(29-48(58)54-46-30-42(46)36-19-14-11-15-20-36)45(35-57)50(60)55-47-31-43(47)37-21-16-12-17-22-37/h11-12,14-17,19-22,24-27,40-47H,3-10,13,18,23,28-35H2,1-2H3,(H,53,59)(H,54,58)(H,55,60)/t40-,41?,42-,43-,44-,45-,46+,47+/m1/s1. The number of carbonyl (C=O) groups is 5. The number of hydrogen-bond donors (Lipinski definition) is 3. The molecule has 2 saturated heterocycles. The molecule has 3 aromatic rings. The van der Waals surface area contributed by atoms with Gasteiger partial charge >= 0.3 is 0 Å². The lowest BCUT2D eigenvalue weighted by atomic mass is 9.90. The molecule has 2 aliphatic heterocycles. The first kappa shape index (κ1) is 45.0. The predicted molar refractivity (Wildman–Crippen MR) is 243 cm³/mol. The highest BCUT2D eigenvalue weighted by molar-refractivity contribution is 5.99. The first-order valence-corrected chi connectivity index (χ1v) is 23.9. The van der Waals surface area contributed by atoms with Crippen LogP contribution in [0.25, 0.3) is 0 Å². The van der Waals surface area contributed by atoms with Crippen LogP contribution in [0.2, 0.25) is 0 Å². The van der Waals surface area contributed by atoms with Crippen LogP contribution in [0.4, 0.5) is 0 Å². The van der Waals surface area contributed by atoms with E-state index in [0.717, 1.165) is 57.8 Å². The van der Waals surface area contributed by atoms with Gasteiger partial charge in [-0.05, 0) is 72.9 Å². The third-order valence-corrected chi connectivity index (χ3v) is 13.9. The van der Waals surface area contributed by atoms with E-state index in [2.05, 4.69) is 54.1 Å². The number of nitrogens with one attached hydrogen (secondary N) is 3. The molecule has 2 aliphatic carbocycles. The third-order valence-electron chi connectivity index (χ3n) is 13.9. The maximum atomic E-state index is 14.1. The lowest BCUT2D eigenvalue weighted by Gasteiger charge is -2.18. The summed E-state index contributed by atoms with van der Waals surface area (Å²) in [7, 11) is 0. The van der Waals surface area contributed by atoms with E-state index in [-0.39, 0.29) is 78.3 Å². The van der Waals surface area contributed by atoms with Gasteiger partial charge in [0.15, 0.2) is 0 Å². The highest BCUT2D eigenvalue weighted by atomic mass is 16.2. The Morgan fingerprint density at radius 2 is 1.02 bits per heavy atom. The molecular weight excluding hydrogens is 775 g/mol. The van der Waals surface area contributed by atoms with Crippen molar-refractivity contribution in [1.82, 2.24) is 25.8 Å². The number of benzene rings is 3. The summed E-state index contributed by atoms with van der Waals surface area (Å²) in [5.41, 5.74) is 3.34. The van der Waals surface area contributed by atoms with Crippen molar-refractivity contribution in [2.45, 2.75) is 128 Å². The van der Waals surface area contributed by atoms with Crippen molar-refractivity contribution in [1.29, 1.82) is 0 Å². The molecule has 4 fully saturated rings. The number of likely N-dealkylation sites (tertiary alicyclic amines) is 2. The van der Waals surface area contributed by atoms with Crippen LogP contribution in [-0.4, -0.2) is 84.1 Å². The Kier molecular flexibility index (Phi) is 15.9. The first-order valence-electron chi connectivity index (χ1n) is 23.9. The Labute approximate surface area is 369 Å². The molecule has 5 amide bonds. The molecule has 0 aromatic heterocycles. The molecule has 7 rings (SSSR count). The minimum absolute atomic E-state index is 0.0361. The fraction of sp³-hybridized carbons (Fsp3) is 0.558. The van der Waals surface area contributed by atoms with E-state index in [0.29, 0.717) is 43.2 Å². The number of hydrogen-bond acceptors (Lipinski definition) is 5. The van der Waals surface area contributed by atoms with Crippen molar-refractivity contribution in [3.8, 4) is 0 Å². The van der Waals surface area contributed by atoms with Gasteiger partial charge in [0.1, 0.15) is 0 Å². The van der Waals surface area contributed by atoms with Gasteiger partial charge in [0, 0.05) is 74.2 Å². The van der Waals surface area contributed by atoms with Crippen molar-refractivity contribution in [3.63, 3.8) is 0 Å². The SMILES string of the molecule is CCCCCCCC[C@@H]1CN(C(=O)c2ccc(C(=O)N3CC(CC(=O)N[C@H]4C[C@@H]4c4ccccc4)[C@H](C(=O)N[C@H]4C[C@@H]4c4ccccc4)C3)cc2)C[C@H]1C(=O)NCCCCCC. The maximum Gasteiger partial charge on any atom is 0.253 e. The molecule has 3 aromatic carbocycles. The Morgan fingerprint density at radius 1 is 0.532 bits per heavy atom. The topological polar surface area (TPSA) is 128 Å². The maximum absolute atomic E-state index is 14.1. The molecule has 1 unspecified atom stereocenters. The largest absolute Gasteiger partial charge is 0.356 e. The molecule has 2 saturated carbocycles. The predicted octanol–water partition coefficient (Wildman–Crippen LogP) is 8.24. The van der Waals surface area contributed by atoms with Crippen LogP contribution in [0.5, 0.6) is 0 Å². The monoisotopic (exact) mass is 844 g/mol. The highest BCUT2D eigenvalue weighted by Gasteiger charge is 2.46.